The topological polar surface area (TPSA) is 55.0 Å². The summed E-state index contributed by atoms with van der Waals surface area (Å²) in [6.45, 7) is 0.686. The van der Waals surface area contributed by atoms with E-state index in [4.69, 9.17) is 0 Å². The van der Waals surface area contributed by atoms with Gasteiger partial charge in [0.2, 0.25) is 0 Å². The van der Waals surface area contributed by atoms with Crippen LogP contribution in [-0.4, -0.2) is 19.5 Å². The minimum Gasteiger partial charge on any atom is -0.494 e. The average Bonchev–Trinajstić information content (AvgIpc) is 2.92. The molecular formula is C14H16N4O. The largest absolute Gasteiger partial charge is 0.494 e. The number of anilines is 1. The van der Waals surface area contributed by atoms with Gasteiger partial charge in [-0.25, -0.2) is 0 Å². The maximum absolute atomic E-state index is 9.67. The van der Waals surface area contributed by atoms with Crippen LogP contribution >= 0.6 is 0 Å². The second kappa shape index (κ2) is 4.35. The molecule has 3 rings (SSSR count). The van der Waals surface area contributed by atoms with Gasteiger partial charge in [-0.3, -0.25) is 4.68 Å². The minimum absolute atomic E-state index is 0.275. The number of benzene rings is 1. The highest BCUT2D eigenvalue weighted by atomic mass is 16.3. The van der Waals surface area contributed by atoms with Crippen LogP contribution in [0, 0.1) is 0 Å². The van der Waals surface area contributed by atoms with E-state index < -0.39 is 0 Å². The molecule has 0 spiro atoms. The summed E-state index contributed by atoms with van der Waals surface area (Å²) < 4.78 is 3.55. The smallest absolute Gasteiger partial charge is 0.191 e. The Hall–Kier alpha value is -2.43. The lowest BCUT2D eigenvalue weighted by Crippen LogP contribution is -2.01. The molecule has 0 bridgehead atoms. The number of fused-ring (bicyclic) bond motifs is 1. The van der Waals surface area contributed by atoms with E-state index >= 15 is 0 Å². The highest BCUT2D eigenvalue weighted by Crippen LogP contribution is 2.25. The molecule has 98 valence electrons. The van der Waals surface area contributed by atoms with Crippen molar-refractivity contribution in [1.82, 2.24) is 14.3 Å². The van der Waals surface area contributed by atoms with Gasteiger partial charge >= 0.3 is 0 Å². The van der Waals surface area contributed by atoms with Gasteiger partial charge in [-0.2, -0.15) is 5.10 Å². The van der Waals surface area contributed by atoms with Crippen molar-refractivity contribution in [1.29, 1.82) is 0 Å². The van der Waals surface area contributed by atoms with E-state index in [-0.39, 0.29) is 5.88 Å². The van der Waals surface area contributed by atoms with E-state index in [1.807, 2.05) is 44.6 Å². The Bertz CT molecular complexity index is 726. The third-order valence-corrected chi connectivity index (χ3v) is 3.26. The standard InChI is InChI=1S/C14H16N4O/c1-17-6-5-12(16-17)9-15-11-3-4-13-10(7-11)8-14(19)18(13)2/h3-8,15,19H,9H2,1-2H3. The van der Waals surface area contributed by atoms with Crippen molar-refractivity contribution in [2.75, 3.05) is 5.32 Å². The predicted molar refractivity (Wildman–Crippen MR) is 75.1 cm³/mol. The summed E-state index contributed by atoms with van der Waals surface area (Å²) in [5, 5.41) is 18.3. The molecule has 1 aromatic carbocycles. The Kier molecular flexibility index (Phi) is 2.67. The summed E-state index contributed by atoms with van der Waals surface area (Å²) in [6, 6.07) is 9.78. The summed E-state index contributed by atoms with van der Waals surface area (Å²) in [5.74, 6) is 0.275. The molecule has 0 fully saturated rings. The number of aromatic hydroxyl groups is 1. The zero-order chi connectivity index (χ0) is 13.4. The van der Waals surface area contributed by atoms with Gasteiger partial charge in [0.1, 0.15) is 0 Å². The summed E-state index contributed by atoms with van der Waals surface area (Å²) in [5.41, 5.74) is 3.03. The van der Waals surface area contributed by atoms with Gasteiger partial charge in [0.05, 0.1) is 17.8 Å². The van der Waals surface area contributed by atoms with Gasteiger partial charge in [0, 0.05) is 37.4 Å². The molecule has 0 unspecified atom stereocenters. The van der Waals surface area contributed by atoms with Gasteiger partial charge < -0.3 is 15.0 Å². The molecule has 2 heterocycles. The van der Waals surface area contributed by atoms with Crippen LogP contribution in [0.15, 0.2) is 36.5 Å². The molecule has 0 saturated carbocycles. The fourth-order valence-electron chi connectivity index (χ4n) is 2.19. The Balaban J connectivity index is 1.81. The molecule has 0 aliphatic rings. The number of aromatic nitrogens is 3. The zero-order valence-electron chi connectivity index (χ0n) is 11.0. The molecule has 3 aromatic rings. The molecule has 0 saturated heterocycles. The lowest BCUT2D eigenvalue weighted by molar-refractivity contribution is 0.435. The van der Waals surface area contributed by atoms with Crippen molar-refractivity contribution in [2.45, 2.75) is 6.54 Å². The van der Waals surface area contributed by atoms with E-state index in [9.17, 15) is 5.11 Å². The summed E-state index contributed by atoms with van der Waals surface area (Å²) >= 11 is 0. The first-order chi connectivity index (χ1) is 9.13. The molecular weight excluding hydrogens is 240 g/mol. The SMILES string of the molecule is Cn1ccc(CNc2ccc3c(c2)cc(O)n3C)n1. The van der Waals surface area contributed by atoms with Crippen LogP contribution in [0.5, 0.6) is 5.88 Å². The first-order valence-corrected chi connectivity index (χ1v) is 6.14. The van der Waals surface area contributed by atoms with Crippen molar-refractivity contribution < 1.29 is 5.11 Å². The number of aryl methyl sites for hydroxylation is 2. The van der Waals surface area contributed by atoms with Crippen molar-refractivity contribution in [3.05, 3.63) is 42.2 Å². The molecule has 0 radical (unpaired) electrons. The fraction of sp³-hybridized carbons (Fsp3) is 0.214. The molecule has 2 aromatic heterocycles. The van der Waals surface area contributed by atoms with Gasteiger partial charge in [0.25, 0.3) is 0 Å². The fourth-order valence-corrected chi connectivity index (χ4v) is 2.19. The molecule has 19 heavy (non-hydrogen) atoms. The van der Waals surface area contributed by atoms with E-state index in [0.717, 1.165) is 22.3 Å². The van der Waals surface area contributed by atoms with E-state index in [0.29, 0.717) is 6.54 Å². The number of nitrogens with zero attached hydrogens (tertiary/aromatic N) is 3. The summed E-state index contributed by atoms with van der Waals surface area (Å²) in [6.07, 6.45) is 1.93. The predicted octanol–water partition coefficient (Wildman–Crippen LogP) is 2.23. The van der Waals surface area contributed by atoms with Crippen LogP contribution in [-0.2, 0) is 20.6 Å². The molecule has 5 nitrogen and oxygen atoms in total. The normalized spacial score (nSPS) is 11.1. The number of rotatable bonds is 3. The van der Waals surface area contributed by atoms with E-state index in [1.165, 1.54) is 0 Å². The van der Waals surface area contributed by atoms with Gasteiger partial charge in [-0.05, 0) is 24.3 Å². The van der Waals surface area contributed by atoms with Crippen LogP contribution in [0.2, 0.25) is 0 Å². The van der Waals surface area contributed by atoms with Gasteiger partial charge in [-0.15, -0.1) is 0 Å². The van der Waals surface area contributed by atoms with Gasteiger partial charge in [0.15, 0.2) is 5.88 Å². The van der Waals surface area contributed by atoms with Crippen LogP contribution in [0.1, 0.15) is 5.69 Å². The van der Waals surface area contributed by atoms with Gasteiger partial charge in [-0.1, -0.05) is 0 Å². The molecule has 0 aliphatic heterocycles. The second-order valence-corrected chi connectivity index (χ2v) is 4.67. The monoisotopic (exact) mass is 256 g/mol. The Labute approximate surface area is 111 Å². The maximum Gasteiger partial charge on any atom is 0.191 e. The number of nitrogens with one attached hydrogen (secondary N) is 1. The minimum atomic E-state index is 0.275. The highest BCUT2D eigenvalue weighted by molar-refractivity contribution is 5.85. The Morgan fingerprint density at radius 3 is 2.79 bits per heavy atom. The van der Waals surface area contributed by atoms with Crippen LogP contribution in [0.3, 0.4) is 0 Å². The first-order valence-electron chi connectivity index (χ1n) is 6.14. The van der Waals surface area contributed by atoms with Crippen molar-refractivity contribution in [3.63, 3.8) is 0 Å². The van der Waals surface area contributed by atoms with Crippen LogP contribution in [0.25, 0.3) is 10.9 Å². The number of hydrogen-bond acceptors (Lipinski definition) is 3. The first kappa shape index (κ1) is 11.6. The van der Waals surface area contributed by atoms with Crippen molar-refractivity contribution in [2.24, 2.45) is 14.1 Å². The van der Waals surface area contributed by atoms with E-state index in [1.54, 1.807) is 15.3 Å². The molecule has 5 heteroatoms. The average molecular weight is 256 g/mol. The number of hydrogen-bond donors (Lipinski definition) is 2. The quantitative estimate of drug-likeness (QED) is 0.755. The zero-order valence-corrected chi connectivity index (χ0v) is 11.0. The van der Waals surface area contributed by atoms with Crippen LogP contribution < -0.4 is 5.32 Å². The van der Waals surface area contributed by atoms with Crippen LogP contribution in [0.4, 0.5) is 5.69 Å². The third kappa shape index (κ3) is 2.14. The summed E-state index contributed by atoms with van der Waals surface area (Å²) in [4.78, 5) is 0. The Morgan fingerprint density at radius 2 is 2.05 bits per heavy atom. The van der Waals surface area contributed by atoms with Crippen molar-refractivity contribution in [3.8, 4) is 5.88 Å². The third-order valence-electron chi connectivity index (χ3n) is 3.26. The maximum atomic E-state index is 9.67. The Morgan fingerprint density at radius 1 is 1.21 bits per heavy atom. The summed E-state index contributed by atoms with van der Waals surface area (Å²) in [7, 11) is 3.75. The lowest BCUT2D eigenvalue weighted by Gasteiger charge is -2.05. The molecule has 0 amide bonds. The van der Waals surface area contributed by atoms with E-state index in [2.05, 4.69) is 10.4 Å². The molecule has 2 N–H and O–H groups in total. The molecule has 0 aliphatic carbocycles. The highest BCUT2D eigenvalue weighted by Gasteiger charge is 2.05. The lowest BCUT2D eigenvalue weighted by atomic mass is 10.2. The second-order valence-electron chi connectivity index (χ2n) is 4.67. The molecule has 0 atom stereocenters. The van der Waals surface area contributed by atoms with Crippen molar-refractivity contribution >= 4 is 16.6 Å².